The van der Waals surface area contributed by atoms with Gasteiger partial charge in [-0.15, -0.1) is 0 Å². The molecule has 1 N–H and O–H groups in total. The molecule has 5 heteroatoms. The van der Waals surface area contributed by atoms with E-state index in [1.54, 1.807) is 11.8 Å². The number of ether oxygens (including phenoxy) is 1. The van der Waals surface area contributed by atoms with E-state index >= 15 is 0 Å². The van der Waals surface area contributed by atoms with E-state index < -0.39 is 18.0 Å². The van der Waals surface area contributed by atoms with Gasteiger partial charge < -0.3 is 14.7 Å². The number of aliphatic hydroxyl groups excluding tert-OH is 1. The highest BCUT2D eigenvalue weighted by Gasteiger charge is 2.53. The molecule has 2 saturated heterocycles. The number of hydrogen-bond acceptors (Lipinski definition) is 4. The summed E-state index contributed by atoms with van der Waals surface area (Å²) in [5.74, 6) is -1.46. The summed E-state index contributed by atoms with van der Waals surface area (Å²) in [6, 6.07) is -0.147. The molecule has 0 radical (unpaired) electrons. The van der Waals surface area contributed by atoms with Crippen LogP contribution in [0.3, 0.4) is 0 Å². The van der Waals surface area contributed by atoms with Crippen LogP contribution in [0.25, 0.3) is 0 Å². The average molecular weight is 213 g/mol. The zero-order valence-electron chi connectivity index (χ0n) is 8.68. The largest absolute Gasteiger partial charge is 0.466 e. The third-order valence-electron chi connectivity index (χ3n) is 3.15. The second-order valence-corrected chi connectivity index (χ2v) is 3.96. The van der Waals surface area contributed by atoms with Gasteiger partial charge in [0.1, 0.15) is 12.0 Å². The smallest absolute Gasteiger partial charge is 0.314 e. The van der Waals surface area contributed by atoms with Crippen molar-refractivity contribution >= 4 is 11.9 Å². The maximum absolute atomic E-state index is 11.6. The third-order valence-corrected chi connectivity index (χ3v) is 3.15. The Hall–Kier alpha value is -1.10. The summed E-state index contributed by atoms with van der Waals surface area (Å²) >= 11 is 0. The maximum Gasteiger partial charge on any atom is 0.314 e. The molecule has 2 heterocycles. The Morgan fingerprint density at radius 3 is 3.07 bits per heavy atom. The predicted molar refractivity (Wildman–Crippen MR) is 50.9 cm³/mol. The number of amides is 1. The summed E-state index contributed by atoms with van der Waals surface area (Å²) < 4.78 is 4.87. The van der Waals surface area contributed by atoms with E-state index in [9.17, 15) is 14.7 Å². The van der Waals surface area contributed by atoms with Gasteiger partial charge >= 0.3 is 5.97 Å². The van der Waals surface area contributed by atoms with Crippen LogP contribution >= 0.6 is 0 Å². The molecule has 0 aromatic rings. The SMILES string of the molecule is CCOC(=O)[C@@H]1[C@@H](O)C(=O)N2CCC[C@@H]12. The van der Waals surface area contributed by atoms with E-state index in [0.29, 0.717) is 6.54 Å². The number of aliphatic hydroxyl groups is 1. The first-order valence-corrected chi connectivity index (χ1v) is 5.32. The molecule has 2 fully saturated rings. The van der Waals surface area contributed by atoms with Crippen molar-refractivity contribution in [2.75, 3.05) is 13.2 Å². The van der Waals surface area contributed by atoms with Gasteiger partial charge in [-0.25, -0.2) is 0 Å². The molecule has 2 aliphatic heterocycles. The number of rotatable bonds is 2. The molecule has 5 nitrogen and oxygen atoms in total. The van der Waals surface area contributed by atoms with Crippen LogP contribution in [0, 0.1) is 5.92 Å². The predicted octanol–water partition coefficient (Wildman–Crippen LogP) is -0.469. The molecule has 2 rings (SSSR count). The van der Waals surface area contributed by atoms with E-state index in [4.69, 9.17) is 4.74 Å². The van der Waals surface area contributed by atoms with Crippen molar-refractivity contribution in [1.82, 2.24) is 4.90 Å². The maximum atomic E-state index is 11.6. The zero-order valence-corrected chi connectivity index (χ0v) is 8.68. The lowest BCUT2D eigenvalue weighted by molar-refractivity contribution is -0.153. The molecule has 0 aliphatic carbocycles. The monoisotopic (exact) mass is 213 g/mol. The van der Waals surface area contributed by atoms with Crippen LogP contribution in [-0.2, 0) is 14.3 Å². The van der Waals surface area contributed by atoms with Gasteiger partial charge in [0.2, 0.25) is 0 Å². The van der Waals surface area contributed by atoms with Gasteiger partial charge in [0.05, 0.1) is 6.61 Å². The fourth-order valence-electron chi connectivity index (χ4n) is 2.50. The summed E-state index contributed by atoms with van der Waals surface area (Å²) in [5.41, 5.74) is 0. The number of nitrogens with zero attached hydrogens (tertiary/aromatic N) is 1. The minimum absolute atomic E-state index is 0.147. The average Bonchev–Trinajstić information content (AvgIpc) is 2.73. The lowest BCUT2D eigenvalue weighted by Gasteiger charge is -2.18. The first-order valence-electron chi connectivity index (χ1n) is 5.32. The fraction of sp³-hybridized carbons (Fsp3) is 0.800. The molecule has 84 valence electrons. The standard InChI is InChI=1S/C10H15NO4/c1-2-15-10(14)7-6-4-3-5-11(6)9(13)8(7)12/h6-8,12H,2-5H2,1H3/t6-,7-,8+/m0/s1. The van der Waals surface area contributed by atoms with Crippen molar-refractivity contribution < 1.29 is 19.4 Å². The quantitative estimate of drug-likeness (QED) is 0.630. The Balaban J connectivity index is 2.16. The van der Waals surface area contributed by atoms with Crippen LogP contribution < -0.4 is 0 Å². The third kappa shape index (κ3) is 1.51. The highest BCUT2D eigenvalue weighted by atomic mass is 16.5. The lowest BCUT2D eigenvalue weighted by Crippen LogP contribution is -2.34. The van der Waals surface area contributed by atoms with Crippen LogP contribution in [0.5, 0.6) is 0 Å². The van der Waals surface area contributed by atoms with Crippen LogP contribution in [-0.4, -0.2) is 47.2 Å². The van der Waals surface area contributed by atoms with Crippen molar-refractivity contribution in [3.8, 4) is 0 Å². The van der Waals surface area contributed by atoms with E-state index in [-0.39, 0.29) is 18.6 Å². The van der Waals surface area contributed by atoms with E-state index in [2.05, 4.69) is 0 Å². The van der Waals surface area contributed by atoms with Crippen LogP contribution in [0.1, 0.15) is 19.8 Å². The molecule has 3 atom stereocenters. The molecule has 0 saturated carbocycles. The minimum atomic E-state index is -1.20. The second kappa shape index (κ2) is 3.81. The summed E-state index contributed by atoms with van der Waals surface area (Å²) in [6.45, 7) is 2.65. The highest BCUT2D eigenvalue weighted by Crippen LogP contribution is 2.34. The van der Waals surface area contributed by atoms with Crippen molar-refractivity contribution in [2.45, 2.75) is 31.9 Å². The van der Waals surface area contributed by atoms with Crippen LogP contribution in [0.15, 0.2) is 0 Å². The molecule has 0 spiro atoms. The van der Waals surface area contributed by atoms with E-state index in [1.165, 1.54) is 0 Å². The van der Waals surface area contributed by atoms with E-state index in [0.717, 1.165) is 12.8 Å². The Kier molecular flexibility index (Phi) is 2.65. The molecule has 0 unspecified atom stereocenters. The molecule has 2 aliphatic rings. The van der Waals surface area contributed by atoms with Gasteiger partial charge in [0.15, 0.2) is 0 Å². The lowest BCUT2D eigenvalue weighted by atomic mass is 9.96. The van der Waals surface area contributed by atoms with Crippen molar-refractivity contribution in [1.29, 1.82) is 0 Å². The number of carbonyl (C=O) groups is 2. The number of esters is 1. The summed E-state index contributed by atoms with van der Waals surface area (Å²) in [5, 5.41) is 9.67. The van der Waals surface area contributed by atoms with Gasteiger partial charge in [0.25, 0.3) is 5.91 Å². The first kappa shape index (κ1) is 10.4. The number of hydrogen-bond donors (Lipinski definition) is 1. The number of carbonyl (C=O) groups excluding carboxylic acids is 2. The topological polar surface area (TPSA) is 66.8 Å². The summed E-state index contributed by atoms with van der Waals surface area (Å²) in [6.07, 6.45) is 0.486. The van der Waals surface area contributed by atoms with Gasteiger partial charge in [-0.2, -0.15) is 0 Å². The van der Waals surface area contributed by atoms with E-state index in [1.807, 2.05) is 0 Å². The Bertz CT molecular complexity index is 291. The Morgan fingerprint density at radius 1 is 1.67 bits per heavy atom. The summed E-state index contributed by atoms with van der Waals surface area (Å²) in [4.78, 5) is 24.8. The van der Waals surface area contributed by atoms with Crippen LogP contribution in [0.4, 0.5) is 0 Å². The van der Waals surface area contributed by atoms with Crippen LogP contribution in [0.2, 0.25) is 0 Å². The van der Waals surface area contributed by atoms with Crippen molar-refractivity contribution in [2.24, 2.45) is 5.92 Å². The highest BCUT2D eigenvalue weighted by molar-refractivity contribution is 5.91. The summed E-state index contributed by atoms with van der Waals surface area (Å²) in [7, 11) is 0. The molecule has 1 amide bonds. The molecular formula is C10H15NO4. The van der Waals surface area contributed by atoms with Gasteiger partial charge in [0, 0.05) is 12.6 Å². The molecule has 0 aromatic carbocycles. The number of fused-ring (bicyclic) bond motifs is 1. The zero-order chi connectivity index (χ0) is 11.0. The minimum Gasteiger partial charge on any atom is -0.466 e. The van der Waals surface area contributed by atoms with Crippen molar-refractivity contribution in [3.05, 3.63) is 0 Å². The normalized spacial score (nSPS) is 34.4. The Morgan fingerprint density at radius 2 is 2.40 bits per heavy atom. The molecule has 0 bridgehead atoms. The second-order valence-electron chi connectivity index (χ2n) is 3.96. The van der Waals surface area contributed by atoms with Gasteiger partial charge in [-0.3, -0.25) is 9.59 Å². The van der Waals surface area contributed by atoms with Gasteiger partial charge in [-0.1, -0.05) is 0 Å². The van der Waals surface area contributed by atoms with Crippen molar-refractivity contribution in [3.63, 3.8) is 0 Å². The fourth-order valence-corrected chi connectivity index (χ4v) is 2.50. The molecular weight excluding hydrogens is 198 g/mol. The molecule has 0 aromatic heterocycles. The molecule has 15 heavy (non-hydrogen) atoms. The Labute approximate surface area is 88.0 Å². The van der Waals surface area contributed by atoms with Gasteiger partial charge in [-0.05, 0) is 19.8 Å². The first-order chi connectivity index (χ1) is 7.16.